The van der Waals surface area contributed by atoms with E-state index in [1.54, 1.807) is 0 Å². The molecule has 0 atom stereocenters. The van der Waals surface area contributed by atoms with Gasteiger partial charge in [-0.15, -0.1) is 5.06 Å². The maximum atomic E-state index is 11.5. The Bertz CT molecular complexity index is 410. The summed E-state index contributed by atoms with van der Waals surface area (Å²) in [6.07, 6.45) is 0.422. The predicted molar refractivity (Wildman–Crippen MR) is 65.6 cm³/mol. The van der Waals surface area contributed by atoms with Crippen LogP contribution in [0.4, 0.5) is 4.79 Å². The molecule has 0 unspecified atom stereocenters. The van der Waals surface area contributed by atoms with E-state index in [-0.39, 0.29) is 5.78 Å². The number of hydrogen-bond acceptors (Lipinski definition) is 4. The molecule has 2 rings (SSSR count). The molecule has 1 heterocycles. The summed E-state index contributed by atoms with van der Waals surface area (Å²) in [5.74, 6) is 0.222. The number of nitrogens with zero attached hydrogens (tertiary/aromatic N) is 1. The van der Waals surface area contributed by atoms with E-state index in [2.05, 4.69) is 5.32 Å². The number of ketones is 1. The lowest BCUT2D eigenvalue weighted by Gasteiger charge is -2.24. The Morgan fingerprint density at radius 2 is 1.89 bits per heavy atom. The highest BCUT2D eigenvalue weighted by atomic mass is 16.7. The molecular formula is C13H16N2O3. The van der Waals surface area contributed by atoms with Crippen LogP contribution in [0.5, 0.6) is 0 Å². The first-order valence-corrected chi connectivity index (χ1v) is 6.00. The van der Waals surface area contributed by atoms with E-state index in [0.717, 1.165) is 5.56 Å². The second-order valence-electron chi connectivity index (χ2n) is 4.19. The molecule has 5 heteroatoms. The van der Waals surface area contributed by atoms with Gasteiger partial charge in [0.05, 0.1) is 0 Å². The summed E-state index contributed by atoms with van der Waals surface area (Å²) in [7, 11) is 0. The Morgan fingerprint density at radius 3 is 2.56 bits per heavy atom. The summed E-state index contributed by atoms with van der Waals surface area (Å²) in [5.41, 5.74) is 1.02. The molecule has 1 amide bonds. The number of Topliss-reactive ketones (excluding diaryl/α,β-unsaturated/α-hetero) is 1. The van der Waals surface area contributed by atoms with Crippen molar-refractivity contribution in [3.8, 4) is 0 Å². The standard InChI is InChI=1S/C13H16N2O3/c16-12-6-8-15(9-7-12)18-13(17)14-10-11-4-2-1-3-5-11/h1-5H,6-10H2,(H,14,17). The van der Waals surface area contributed by atoms with Crippen LogP contribution in [0.15, 0.2) is 30.3 Å². The average Bonchev–Trinajstić information content (AvgIpc) is 2.40. The molecule has 1 aliphatic rings. The molecule has 1 aromatic rings. The zero-order valence-corrected chi connectivity index (χ0v) is 10.1. The Morgan fingerprint density at radius 1 is 1.22 bits per heavy atom. The van der Waals surface area contributed by atoms with Gasteiger partial charge in [-0.1, -0.05) is 30.3 Å². The largest absolute Gasteiger partial charge is 0.426 e. The second kappa shape index (κ2) is 6.16. The molecule has 0 radical (unpaired) electrons. The Kier molecular flexibility index (Phi) is 4.30. The lowest BCUT2D eigenvalue weighted by atomic mass is 10.1. The van der Waals surface area contributed by atoms with Crippen molar-refractivity contribution in [2.45, 2.75) is 19.4 Å². The van der Waals surface area contributed by atoms with E-state index in [9.17, 15) is 9.59 Å². The Labute approximate surface area is 106 Å². The molecule has 0 bridgehead atoms. The number of carbonyl (C=O) groups is 2. The minimum Gasteiger partial charge on any atom is -0.351 e. The van der Waals surface area contributed by atoms with E-state index in [1.807, 2.05) is 30.3 Å². The maximum absolute atomic E-state index is 11.5. The number of carbonyl (C=O) groups excluding carboxylic acids is 2. The van der Waals surface area contributed by atoms with E-state index in [0.29, 0.717) is 32.5 Å². The van der Waals surface area contributed by atoms with Crippen molar-refractivity contribution in [3.05, 3.63) is 35.9 Å². The van der Waals surface area contributed by atoms with E-state index in [1.165, 1.54) is 5.06 Å². The third-order valence-corrected chi connectivity index (χ3v) is 2.77. The van der Waals surface area contributed by atoms with Gasteiger partial charge in [-0.3, -0.25) is 4.79 Å². The fourth-order valence-electron chi connectivity index (χ4n) is 1.75. The highest BCUT2D eigenvalue weighted by Crippen LogP contribution is 2.06. The van der Waals surface area contributed by atoms with Crippen molar-refractivity contribution in [2.24, 2.45) is 0 Å². The van der Waals surface area contributed by atoms with Crippen molar-refractivity contribution in [1.82, 2.24) is 10.4 Å². The van der Waals surface area contributed by atoms with Gasteiger partial charge >= 0.3 is 6.09 Å². The predicted octanol–water partition coefficient (Wildman–Crippen LogP) is 1.49. The van der Waals surface area contributed by atoms with Crippen molar-refractivity contribution in [3.63, 3.8) is 0 Å². The third kappa shape index (κ3) is 3.85. The lowest BCUT2D eigenvalue weighted by molar-refractivity contribution is -0.139. The van der Waals surface area contributed by atoms with Gasteiger partial charge in [-0.05, 0) is 5.56 Å². The average molecular weight is 248 g/mol. The van der Waals surface area contributed by atoms with Crippen LogP contribution in [0, 0.1) is 0 Å². The van der Waals surface area contributed by atoms with Crippen LogP contribution in [-0.4, -0.2) is 30.0 Å². The zero-order chi connectivity index (χ0) is 12.8. The van der Waals surface area contributed by atoms with Gasteiger partial charge in [-0.25, -0.2) is 4.79 Å². The second-order valence-corrected chi connectivity index (χ2v) is 4.19. The number of hydroxylamine groups is 2. The summed E-state index contributed by atoms with van der Waals surface area (Å²) in [4.78, 5) is 27.6. The topological polar surface area (TPSA) is 58.6 Å². The monoisotopic (exact) mass is 248 g/mol. The number of amides is 1. The molecule has 1 aromatic carbocycles. The Hall–Kier alpha value is -1.88. The molecule has 0 aromatic heterocycles. The van der Waals surface area contributed by atoms with Gasteiger partial charge in [-0.2, -0.15) is 0 Å². The number of rotatable bonds is 3. The van der Waals surface area contributed by atoms with Crippen molar-refractivity contribution < 1.29 is 14.4 Å². The molecule has 96 valence electrons. The Balaban J connectivity index is 1.71. The summed E-state index contributed by atoms with van der Waals surface area (Å²) in [6, 6.07) is 9.61. The van der Waals surface area contributed by atoms with E-state index in [4.69, 9.17) is 4.84 Å². The van der Waals surface area contributed by atoms with Crippen LogP contribution in [0.25, 0.3) is 0 Å². The lowest BCUT2D eigenvalue weighted by Crippen LogP contribution is -2.38. The van der Waals surface area contributed by atoms with Crippen LogP contribution < -0.4 is 5.32 Å². The smallest absolute Gasteiger partial charge is 0.351 e. The van der Waals surface area contributed by atoms with Crippen LogP contribution in [0.3, 0.4) is 0 Å². The number of benzene rings is 1. The molecule has 1 aliphatic heterocycles. The quantitative estimate of drug-likeness (QED) is 0.880. The SMILES string of the molecule is O=C1CCN(OC(=O)NCc2ccccc2)CC1. The first-order chi connectivity index (χ1) is 8.74. The number of nitrogens with one attached hydrogen (secondary N) is 1. The molecule has 0 saturated carbocycles. The van der Waals surface area contributed by atoms with E-state index >= 15 is 0 Å². The van der Waals surface area contributed by atoms with Gasteiger partial charge < -0.3 is 10.2 Å². The molecule has 5 nitrogen and oxygen atoms in total. The summed E-state index contributed by atoms with van der Waals surface area (Å²) >= 11 is 0. The maximum Gasteiger partial charge on any atom is 0.426 e. The minimum atomic E-state index is -0.479. The highest BCUT2D eigenvalue weighted by molar-refractivity contribution is 5.79. The van der Waals surface area contributed by atoms with E-state index < -0.39 is 6.09 Å². The van der Waals surface area contributed by atoms with Gasteiger partial charge in [0.25, 0.3) is 0 Å². The first kappa shape index (κ1) is 12.6. The van der Waals surface area contributed by atoms with Crippen LogP contribution in [-0.2, 0) is 16.2 Å². The molecule has 0 aliphatic carbocycles. The zero-order valence-electron chi connectivity index (χ0n) is 10.1. The fraction of sp³-hybridized carbons (Fsp3) is 0.385. The van der Waals surface area contributed by atoms with Crippen molar-refractivity contribution in [2.75, 3.05) is 13.1 Å². The fourth-order valence-corrected chi connectivity index (χ4v) is 1.75. The van der Waals surface area contributed by atoms with Gasteiger partial charge in [0.15, 0.2) is 0 Å². The van der Waals surface area contributed by atoms with Crippen LogP contribution >= 0.6 is 0 Å². The molecule has 18 heavy (non-hydrogen) atoms. The van der Waals surface area contributed by atoms with Gasteiger partial charge in [0.1, 0.15) is 5.78 Å². The third-order valence-electron chi connectivity index (χ3n) is 2.77. The summed E-state index contributed by atoms with van der Waals surface area (Å²) in [5, 5.41) is 4.20. The highest BCUT2D eigenvalue weighted by Gasteiger charge is 2.19. The van der Waals surface area contributed by atoms with Crippen LogP contribution in [0.2, 0.25) is 0 Å². The minimum absolute atomic E-state index is 0.222. The van der Waals surface area contributed by atoms with Gasteiger partial charge in [0.2, 0.25) is 0 Å². The van der Waals surface area contributed by atoms with Crippen molar-refractivity contribution >= 4 is 11.9 Å². The summed E-state index contributed by atoms with van der Waals surface area (Å²) in [6.45, 7) is 1.40. The normalized spacial score (nSPS) is 16.3. The van der Waals surface area contributed by atoms with Gasteiger partial charge in [0, 0.05) is 32.5 Å². The molecular weight excluding hydrogens is 232 g/mol. The molecule has 1 saturated heterocycles. The molecule has 0 spiro atoms. The first-order valence-electron chi connectivity index (χ1n) is 6.00. The molecule has 1 fully saturated rings. The van der Waals surface area contributed by atoms with Crippen molar-refractivity contribution in [1.29, 1.82) is 0 Å². The number of piperidine rings is 1. The summed E-state index contributed by atoms with van der Waals surface area (Å²) < 4.78 is 0. The van der Waals surface area contributed by atoms with Crippen LogP contribution in [0.1, 0.15) is 18.4 Å². The number of hydrogen-bond donors (Lipinski definition) is 1. The molecule has 1 N–H and O–H groups in total.